The molecule has 0 N–H and O–H groups in total. The first kappa shape index (κ1) is 14.7. The molecule has 19 heavy (non-hydrogen) atoms. The smallest absolute Gasteiger partial charge is 0.143 e. The molecule has 0 saturated carbocycles. The highest BCUT2D eigenvalue weighted by molar-refractivity contribution is 8.45. The zero-order chi connectivity index (χ0) is 13.7. The van der Waals surface area contributed by atoms with Gasteiger partial charge < -0.3 is 0 Å². The summed E-state index contributed by atoms with van der Waals surface area (Å²) in [5.41, 5.74) is 1.21. The van der Waals surface area contributed by atoms with E-state index in [0.717, 1.165) is 13.3 Å². The van der Waals surface area contributed by atoms with Crippen molar-refractivity contribution in [3.8, 4) is 0 Å². The number of hydrogen-bond donors (Lipinski definition) is 0. The van der Waals surface area contributed by atoms with Gasteiger partial charge in [0.1, 0.15) is 14.8 Å². The third-order valence-electron chi connectivity index (χ3n) is 2.31. The van der Waals surface area contributed by atoms with Gasteiger partial charge in [-0.1, -0.05) is 52.8 Å². The van der Waals surface area contributed by atoms with Crippen LogP contribution in [0.15, 0.2) is 58.3 Å². The van der Waals surface area contributed by atoms with E-state index >= 15 is 0 Å². The minimum atomic E-state index is 0.528. The molecule has 0 saturated heterocycles. The normalized spacial score (nSPS) is 10.2. The molecule has 2 aromatic rings. The first-order chi connectivity index (χ1) is 9.17. The number of hydrogen-bond acceptors (Lipinski definition) is 3. The lowest BCUT2D eigenvalue weighted by atomic mass is 10.2. The van der Waals surface area contributed by atoms with Crippen molar-refractivity contribution in [3.05, 3.63) is 59.1 Å². The number of thioether (sulfide) groups is 2. The summed E-state index contributed by atoms with van der Waals surface area (Å²) in [6.07, 6.45) is 0. The molecular formula is C14H11ClOS3. The minimum absolute atomic E-state index is 0.528. The van der Waals surface area contributed by atoms with Crippen LogP contribution in [0.25, 0.3) is 0 Å². The topological polar surface area (TPSA) is 17.1 Å². The third kappa shape index (κ3) is 4.73. The van der Waals surface area contributed by atoms with Gasteiger partial charge in [0.05, 0.1) is 0 Å². The maximum absolute atomic E-state index is 11.2. The predicted molar refractivity (Wildman–Crippen MR) is 87.5 cm³/mol. The lowest BCUT2D eigenvalue weighted by Crippen LogP contribution is -1.85. The van der Waals surface area contributed by atoms with Crippen LogP contribution in [0, 0.1) is 6.92 Å². The molecule has 5 heteroatoms. The standard InChI is InChI=1S/C14H11ClOS3/c1-10-2-6-12(7-3-10)17-14(19-16)18-13-8-4-11(15)5-9-13/h2-9H,1H3. The summed E-state index contributed by atoms with van der Waals surface area (Å²) < 4.78 is 11.9. The summed E-state index contributed by atoms with van der Waals surface area (Å²) in [6, 6.07) is 15.6. The van der Waals surface area contributed by atoms with Crippen molar-refractivity contribution in [3.63, 3.8) is 0 Å². The quantitative estimate of drug-likeness (QED) is 0.581. The molecule has 0 amide bonds. The molecule has 0 bridgehead atoms. The van der Waals surface area contributed by atoms with Crippen LogP contribution in [0.4, 0.5) is 0 Å². The molecule has 1 nitrogen and oxygen atoms in total. The van der Waals surface area contributed by atoms with Crippen molar-refractivity contribution in [1.82, 2.24) is 0 Å². The lowest BCUT2D eigenvalue weighted by Gasteiger charge is -2.03. The molecule has 0 atom stereocenters. The van der Waals surface area contributed by atoms with Crippen molar-refractivity contribution in [2.75, 3.05) is 0 Å². The number of halogens is 1. The molecule has 2 aromatic carbocycles. The van der Waals surface area contributed by atoms with Gasteiger partial charge in [0.2, 0.25) is 0 Å². The molecule has 0 heterocycles. The highest BCUT2D eigenvalue weighted by Crippen LogP contribution is 2.30. The summed E-state index contributed by atoms with van der Waals surface area (Å²) in [4.78, 5) is 2.09. The van der Waals surface area contributed by atoms with Crippen LogP contribution < -0.4 is 0 Å². The van der Waals surface area contributed by atoms with E-state index in [1.54, 1.807) is 0 Å². The largest absolute Gasteiger partial charge is 0.211 e. The molecule has 0 radical (unpaired) electrons. The Morgan fingerprint density at radius 3 is 1.84 bits per heavy atom. The summed E-state index contributed by atoms with van der Waals surface area (Å²) in [6.45, 7) is 2.05. The van der Waals surface area contributed by atoms with Gasteiger partial charge in [0, 0.05) is 14.8 Å². The van der Waals surface area contributed by atoms with Crippen molar-refractivity contribution in [1.29, 1.82) is 0 Å². The van der Waals surface area contributed by atoms with Crippen molar-refractivity contribution in [2.24, 2.45) is 0 Å². The highest BCUT2D eigenvalue weighted by Gasteiger charge is 2.05. The van der Waals surface area contributed by atoms with Gasteiger partial charge in [-0.15, -0.1) is 0 Å². The van der Waals surface area contributed by atoms with Gasteiger partial charge in [-0.2, -0.15) is 0 Å². The first-order valence-electron chi connectivity index (χ1n) is 5.52. The van der Waals surface area contributed by atoms with Crippen LogP contribution in [-0.2, 0) is 11.3 Å². The molecule has 0 aromatic heterocycles. The van der Waals surface area contributed by atoms with E-state index in [0.29, 0.717) is 16.3 Å². The first-order valence-corrected chi connectivity index (χ1v) is 8.27. The lowest BCUT2D eigenvalue weighted by molar-refractivity contribution is 0.701. The van der Waals surface area contributed by atoms with Gasteiger partial charge in [0.15, 0.2) is 0 Å². The zero-order valence-corrected chi connectivity index (χ0v) is 13.3. The fraction of sp³-hybridized carbons (Fsp3) is 0.0714. The SMILES string of the molecule is Cc1ccc(SC(Sc2ccc(Cl)cc2)=S=O)cc1. The molecule has 2 rings (SSSR count). The van der Waals surface area contributed by atoms with E-state index in [1.807, 2.05) is 55.5 Å². The Hall–Kier alpha value is -0.680. The van der Waals surface area contributed by atoms with Gasteiger partial charge in [-0.3, -0.25) is 0 Å². The van der Waals surface area contributed by atoms with Crippen LogP contribution in [-0.4, -0.2) is 7.74 Å². The van der Waals surface area contributed by atoms with Crippen molar-refractivity contribution >= 4 is 49.9 Å². The minimum Gasteiger partial charge on any atom is -0.211 e. The molecular weight excluding hydrogens is 316 g/mol. The predicted octanol–water partition coefficient (Wildman–Crippen LogP) is 4.83. The molecule has 0 unspecified atom stereocenters. The molecule has 0 aliphatic heterocycles. The van der Waals surface area contributed by atoms with E-state index < -0.39 is 0 Å². The van der Waals surface area contributed by atoms with Crippen molar-refractivity contribution < 1.29 is 4.21 Å². The maximum Gasteiger partial charge on any atom is 0.143 e. The Labute approximate surface area is 129 Å². The van der Waals surface area contributed by atoms with E-state index in [9.17, 15) is 4.21 Å². The van der Waals surface area contributed by atoms with Gasteiger partial charge in [0.25, 0.3) is 0 Å². The maximum atomic E-state index is 11.2. The van der Waals surface area contributed by atoms with E-state index in [-0.39, 0.29) is 0 Å². The molecule has 0 fully saturated rings. The van der Waals surface area contributed by atoms with Crippen molar-refractivity contribution in [2.45, 2.75) is 16.7 Å². The average molecular weight is 327 g/mol. The third-order valence-corrected chi connectivity index (χ3v) is 5.45. The van der Waals surface area contributed by atoms with Gasteiger partial charge in [-0.05, 0) is 43.3 Å². The van der Waals surface area contributed by atoms with Crippen LogP contribution in [0.2, 0.25) is 5.02 Å². The molecule has 0 aliphatic carbocycles. The summed E-state index contributed by atoms with van der Waals surface area (Å²) in [5, 5.41) is 0.701. The Bertz CT molecular complexity index is 552. The summed E-state index contributed by atoms with van der Waals surface area (Å²) in [7, 11) is 0. The molecule has 0 aliphatic rings. The Balaban J connectivity index is 2.07. The molecule has 98 valence electrons. The summed E-state index contributed by atoms with van der Waals surface area (Å²) >= 11 is 9.33. The van der Waals surface area contributed by atoms with Crippen LogP contribution >= 0.6 is 35.1 Å². The number of rotatable bonds is 2. The van der Waals surface area contributed by atoms with Crippen LogP contribution in [0.5, 0.6) is 0 Å². The van der Waals surface area contributed by atoms with Crippen LogP contribution in [0.1, 0.15) is 5.56 Å². The number of benzene rings is 2. The fourth-order valence-electron chi connectivity index (χ4n) is 1.36. The summed E-state index contributed by atoms with van der Waals surface area (Å²) in [5.74, 6) is 0. The van der Waals surface area contributed by atoms with Gasteiger partial charge in [-0.25, -0.2) is 4.21 Å². The second kappa shape index (κ2) is 7.20. The average Bonchev–Trinajstić information content (AvgIpc) is 2.43. The molecule has 0 spiro atoms. The number of aryl methyl sites for hydroxylation is 1. The Morgan fingerprint density at radius 1 is 0.895 bits per heavy atom. The fourth-order valence-corrected chi connectivity index (χ4v) is 4.01. The van der Waals surface area contributed by atoms with E-state index in [1.165, 1.54) is 29.1 Å². The zero-order valence-electron chi connectivity index (χ0n) is 10.1. The van der Waals surface area contributed by atoms with Crippen LogP contribution in [0.3, 0.4) is 0 Å². The highest BCUT2D eigenvalue weighted by atomic mass is 35.5. The monoisotopic (exact) mass is 326 g/mol. The second-order valence-electron chi connectivity index (χ2n) is 3.80. The Morgan fingerprint density at radius 2 is 1.37 bits per heavy atom. The van der Waals surface area contributed by atoms with E-state index in [4.69, 9.17) is 11.6 Å². The second-order valence-corrected chi connectivity index (χ2v) is 7.76. The van der Waals surface area contributed by atoms with E-state index in [2.05, 4.69) is 0 Å². The van der Waals surface area contributed by atoms with Gasteiger partial charge >= 0.3 is 0 Å². The Kier molecular flexibility index (Phi) is 5.58.